The van der Waals surface area contributed by atoms with Crippen LogP contribution in [0, 0.1) is 5.41 Å². The third kappa shape index (κ3) is 3.77. The van der Waals surface area contributed by atoms with Crippen LogP contribution in [0.25, 0.3) is 11.0 Å². The summed E-state index contributed by atoms with van der Waals surface area (Å²) < 4.78 is 2.04. The number of rotatable bonds is 6. The second-order valence-corrected chi connectivity index (χ2v) is 7.56. The zero-order valence-electron chi connectivity index (χ0n) is 17.2. The molecular formula is C24H26N6. The largest absolute Gasteiger partial charge is 0.384 e. The van der Waals surface area contributed by atoms with Crippen molar-refractivity contribution >= 4 is 22.6 Å². The van der Waals surface area contributed by atoms with Crippen molar-refractivity contribution < 1.29 is 0 Å². The summed E-state index contributed by atoms with van der Waals surface area (Å²) >= 11 is 0. The Morgan fingerprint density at radius 3 is 2.43 bits per heavy atom. The van der Waals surface area contributed by atoms with E-state index >= 15 is 0 Å². The van der Waals surface area contributed by atoms with Crippen molar-refractivity contribution in [2.24, 2.45) is 18.5 Å². The number of hydrogen-bond donors (Lipinski definition) is 3. The monoisotopic (exact) mass is 398 g/mol. The zero-order valence-corrected chi connectivity index (χ0v) is 17.2. The molecule has 0 radical (unpaired) electrons. The maximum Gasteiger partial charge on any atom is 0.131 e. The molecule has 6 heteroatoms. The first-order chi connectivity index (χ1) is 14.4. The van der Waals surface area contributed by atoms with E-state index in [-0.39, 0.29) is 11.9 Å². The van der Waals surface area contributed by atoms with Gasteiger partial charge in [0.1, 0.15) is 11.7 Å². The SMILES string of the molecule is CN(Cc1ccccc1)c1ccc2c(c1)nc(C(N)c1ccc(C(=N)N)cc1)n2C. The zero-order chi connectivity index (χ0) is 21.3. The lowest BCUT2D eigenvalue weighted by Gasteiger charge is -2.19. The first kappa shape index (κ1) is 19.7. The quantitative estimate of drug-likeness (QED) is 0.342. The van der Waals surface area contributed by atoms with Crippen molar-refractivity contribution in [2.45, 2.75) is 12.6 Å². The van der Waals surface area contributed by atoms with Gasteiger partial charge in [0.15, 0.2) is 0 Å². The topological polar surface area (TPSA) is 96.9 Å². The number of aromatic nitrogens is 2. The van der Waals surface area contributed by atoms with Crippen LogP contribution in [0.4, 0.5) is 5.69 Å². The van der Waals surface area contributed by atoms with Crippen molar-refractivity contribution in [2.75, 3.05) is 11.9 Å². The number of nitrogens with one attached hydrogen (secondary N) is 1. The summed E-state index contributed by atoms with van der Waals surface area (Å²) in [5.41, 5.74) is 18.0. The van der Waals surface area contributed by atoms with Gasteiger partial charge in [0.25, 0.3) is 0 Å². The molecule has 0 saturated heterocycles. The summed E-state index contributed by atoms with van der Waals surface area (Å²) in [7, 11) is 4.07. The Balaban J connectivity index is 1.62. The minimum absolute atomic E-state index is 0.0463. The molecule has 152 valence electrons. The molecule has 1 atom stereocenters. The summed E-state index contributed by atoms with van der Waals surface area (Å²) in [5, 5.41) is 7.54. The number of anilines is 1. The average Bonchev–Trinajstić information content (AvgIpc) is 3.10. The second kappa shape index (κ2) is 8.00. The van der Waals surface area contributed by atoms with E-state index in [9.17, 15) is 0 Å². The first-order valence-corrected chi connectivity index (χ1v) is 9.85. The lowest BCUT2D eigenvalue weighted by Crippen LogP contribution is -2.17. The molecule has 30 heavy (non-hydrogen) atoms. The van der Waals surface area contributed by atoms with Crippen molar-refractivity contribution in [3.63, 3.8) is 0 Å². The Kier molecular flexibility index (Phi) is 5.25. The third-order valence-corrected chi connectivity index (χ3v) is 5.46. The number of aryl methyl sites for hydroxylation is 1. The summed E-state index contributed by atoms with van der Waals surface area (Å²) in [6.45, 7) is 0.827. The molecule has 0 aliphatic rings. The first-order valence-electron chi connectivity index (χ1n) is 9.85. The van der Waals surface area contributed by atoms with E-state index in [1.54, 1.807) is 0 Å². The molecule has 3 aromatic carbocycles. The van der Waals surface area contributed by atoms with Crippen molar-refractivity contribution in [1.29, 1.82) is 5.41 Å². The highest BCUT2D eigenvalue weighted by atomic mass is 15.1. The maximum absolute atomic E-state index is 7.54. The van der Waals surface area contributed by atoms with Crippen LogP contribution in [-0.4, -0.2) is 22.4 Å². The predicted molar refractivity (Wildman–Crippen MR) is 123 cm³/mol. The van der Waals surface area contributed by atoms with E-state index in [0.29, 0.717) is 5.56 Å². The standard InChI is InChI=1S/C24H26N6/c1-29(15-16-6-4-3-5-7-16)19-12-13-21-20(14-19)28-24(30(21)2)22(25)17-8-10-18(11-9-17)23(26)27/h3-14,22H,15,25H2,1-2H3,(H3,26,27). The van der Waals surface area contributed by atoms with Crippen molar-refractivity contribution in [3.8, 4) is 0 Å². The highest BCUT2D eigenvalue weighted by Crippen LogP contribution is 2.27. The molecule has 0 aliphatic heterocycles. The summed E-state index contributed by atoms with van der Waals surface area (Å²) in [4.78, 5) is 7.05. The highest BCUT2D eigenvalue weighted by Gasteiger charge is 2.18. The van der Waals surface area contributed by atoms with Gasteiger partial charge in [0.2, 0.25) is 0 Å². The number of imidazole rings is 1. The van der Waals surface area contributed by atoms with E-state index in [1.165, 1.54) is 5.56 Å². The molecule has 0 saturated carbocycles. The highest BCUT2D eigenvalue weighted by molar-refractivity contribution is 5.94. The van der Waals surface area contributed by atoms with Gasteiger partial charge in [-0.15, -0.1) is 0 Å². The number of hydrogen-bond acceptors (Lipinski definition) is 4. The molecule has 4 rings (SSSR count). The van der Waals surface area contributed by atoms with Gasteiger partial charge in [0.05, 0.1) is 17.1 Å². The van der Waals surface area contributed by atoms with Crippen molar-refractivity contribution in [3.05, 3.63) is 95.3 Å². The lowest BCUT2D eigenvalue weighted by molar-refractivity contribution is 0.728. The number of fused-ring (bicyclic) bond motifs is 1. The minimum atomic E-state index is -0.367. The molecule has 6 nitrogen and oxygen atoms in total. The molecule has 0 spiro atoms. The fourth-order valence-electron chi connectivity index (χ4n) is 3.69. The smallest absolute Gasteiger partial charge is 0.131 e. The third-order valence-electron chi connectivity index (χ3n) is 5.46. The predicted octanol–water partition coefficient (Wildman–Crippen LogP) is 3.54. The molecule has 1 heterocycles. The molecule has 1 unspecified atom stereocenters. The number of amidine groups is 1. The Hall–Kier alpha value is -3.64. The van der Waals surface area contributed by atoms with Crippen LogP contribution in [0.2, 0.25) is 0 Å². The molecular weight excluding hydrogens is 372 g/mol. The van der Waals surface area contributed by atoms with Crippen LogP contribution in [0.5, 0.6) is 0 Å². The maximum atomic E-state index is 7.54. The molecule has 0 aliphatic carbocycles. The van der Waals surface area contributed by atoms with Gasteiger partial charge in [-0.05, 0) is 29.3 Å². The fraction of sp³-hybridized carbons (Fsp3) is 0.167. The Morgan fingerprint density at radius 2 is 1.77 bits per heavy atom. The van der Waals surface area contributed by atoms with Crippen LogP contribution < -0.4 is 16.4 Å². The molecule has 5 N–H and O–H groups in total. The van der Waals surface area contributed by atoms with Gasteiger partial charge in [-0.1, -0.05) is 54.6 Å². The van der Waals surface area contributed by atoms with Crippen LogP contribution >= 0.6 is 0 Å². The van der Waals surface area contributed by atoms with Gasteiger partial charge in [0, 0.05) is 31.9 Å². The Morgan fingerprint density at radius 1 is 1.07 bits per heavy atom. The normalized spacial score (nSPS) is 12.1. The Labute approximate surface area is 176 Å². The second-order valence-electron chi connectivity index (χ2n) is 7.56. The van der Waals surface area contributed by atoms with E-state index in [4.69, 9.17) is 21.9 Å². The van der Waals surface area contributed by atoms with E-state index in [2.05, 4.69) is 54.4 Å². The molecule has 0 fully saturated rings. The van der Waals surface area contributed by atoms with Crippen LogP contribution in [0.15, 0.2) is 72.8 Å². The van der Waals surface area contributed by atoms with E-state index in [1.807, 2.05) is 41.9 Å². The summed E-state index contributed by atoms with van der Waals surface area (Å²) in [6, 6.07) is 23.8. The average molecular weight is 399 g/mol. The van der Waals surface area contributed by atoms with Gasteiger partial charge in [-0.3, -0.25) is 5.41 Å². The van der Waals surface area contributed by atoms with Crippen molar-refractivity contribution in [1.82, 2.24) is 9.55 Å². The fourth-order valence-corrected chi connectivity index (χ4v) is 3.69. The number of nitrogen functional groups attached to an aromatic ring is 1. The molecule has 1 aromatic heterocycles. The van der Waals surface area contributed by atoms with Gasteiger partial charge in [-0.25, -0.2) is 4.98 Å². The number of nitrogens with two attached hydrogens (primary N) is 2. The molecule has 0 amide bonds. The van der Waals surface area contributed by atoms with E-state index < -0.39 is 0 Å². The van der Waals surface area contributed by atoms with Crippen LogP contribution in [-0.2, 0) is 13.6 Å². The van der Waals surface area contributed by atoms with Gasteiger partial charge in [-0.2, -0.15) is 0 Å². The summed E-state index contributed by atoms with van der Waals surface area (Å²) in [6.07, 6.45) is 0. The Bertz CT molecular complexity index is 1180. The lowest BCUT2D eigenvalue weighted by atomic mass is 10.0. The number of benzene rings is 3. The molecule has 4 aromatic rings. The number of nitrogens with zero attached hydrogens (tertiary/aromatic N) is 3. The minimum Gasteiger partial charge on any atom is -0.384 e. The van der Waals surface area contributed by atoms with Gasteiger partial charge >= 0.3 is 0 Å². The van der Waals surface area contributed by atoms with Crippen LogP contribution in [0.3, 0.4) is 0 Å². The van der Waals surface area contributed by atoms with Crippen LogP contribution in [0.1, 0.15) is 28.6 Å². The summed E-state index contributed by atoms with van der Waals surface area (Å²) in [5.74, 6) is 0.841. The molecule has 0 bridgehead atoms. The van der Waals surface area contributed by atoms with E-state index in [0.717, 1.165) is 34.7 Å². The van der Waals surface area contributed by atoms with Gasteiger partial charge < -0.3 is 20.9 Å².